The van der Waals surface area contributed by atoms with Gasteiger partial charge >= 0.3 is 0 Å². The van der Waals surface area contributed by atoms with E-state index < -0.39 is 14.6 Å². The molecule has 6 nitrogen and oxygen atoms in total. The zero-order valence-electron chi connectivity index (χ0n) is 13.7. The van der Waals surface area contributed by atoms with Crippen molar-refractivity contribution in [1.29, 1.82) is 0 Å². The lowest BCUT2D eigenvalue weighted by molar-refractivity contribution is 0.105. The van der Waals surface area contributed by atoms with Crippen LogP contribution >= 0.6 is 24.0 Å². The Bertz CT molecular complexity index is 488. The summed E-state index contributed by atoms with van der Waals surface area (Å²) in [5, 5.41) is 3.33. The normalized spacial score (nSPS) is 27.3. The van der Waals surface area contributed by atoms with Crippen molar-refractivity contribution in [2.45, 2.75) is 44.0 Å². The molecule has 2 fully saturated rings. The van der Waals surface area contributed by atoms with Gasteiger partial charge in [0.05, 0.1) is 16.6 Å². The van der Waals surface area contributed by atoms with Crippen LogP contribution in [-0.4, -0.2) is 69.2 Å². The van der Waals surface area contributed by atoms with Gasteiger partial charge in [0.2, 0.25) is 0 Å². The third-order valence-electron chi connectivity index (χ3n) is 4.33. The maximum Gasteiger partial charge on any atom is 0.193 e. The molecule has 22 heavy (non-hydrogen) atoms. The second kappa shape index (κ2) is 8.14. The van der Waals surface area contributed by atoms with E-state index in [4.69, 9.17) is 4.74 Å². The van der Waals surface area contributed by atoms with E-state index in [-0.39, 0.29) is 29.7 Å². The van der Waals surface area contributed by atoms with Gasteiger partial charge in [-0.05, 0) is 33.1 Å². The van der Waals surface area contributed by atoms with Crippen molar-refractivity contribution in [1.82, 2.24) is 10.2 Å². The average molecular weight is 445 g/mol. The van der Waals surface area contributed by atoms with E-state index in [1.807, 2.05) is 4.90 Å². The van der Waals surface area contributed by atoms with Crippen molar-refractivity contribution in [2.24, 2.45) is 4.99 Å². The van der Waals surface area contributed by atoms with E-state index in [9.17, 15) is 8.42 Å². The maximum atomic E-state index is 12.0. The number of halogens is 1. The third-order valence-corrected chi connectivity index (χ3v) is 6.86. The monoisotopic (exact) mass is 445 g/mol. The summed E-state index contributed by atoms with van der Waals surface area (Å²) in [7, 11) is -1.27. The molecule has 0 aromatic carbocycles. The van der Waals surface area contributed by atoms with E-state index in [1.54, 1.807) is 20.9 Å². The Morgan fingerprint density at radius 2 is 2.18 bits per heavy atom. The first-order valence-corrected chi connectivity index (χ1v) is 9.30. The van der Waals surface area contributed by atoms with Crippen molar-refractivity contribution in [3.05, 3.63) is 0 Å². The van der Waals surface area contributed by atoms with E-state index in [0.29, 0.717) is 19.2 Å². The van der Waals surface area contributed by atoms with Gasteiger partial charge in [-0.2, -0.15) is 0 Å². The number of hydrogen-bond acceptors (Lipinski definition) is 4. The Morgan fingerprint density at radius 3 is 2.73 bits per heavy atom. The van der Waals surface area contributed by atoms with Crippen LogP contribution in [0.4, 0.5) is 0 Å². The Balaban J connectivity index is 0.00000242. The molecule has 2 saturated heterocycles. The molecule has 0 saturated carbocycles. The number of rotatable bonds is 3. The number of aliphatic imine (C=N–C) groups is 1. The summed E-state index contributed by atoms with van der Waals surface area (Å²) in [4.78, 5) is 6.32. The highest BCUT2D eigenvalue weighted by atomic mass is 127. The summed E-state index contributed by atoms with van der Waals surface area (Å²) >= 11 is 0. The van der Waals surface area contributed by atoms with E-state index in [0.717, 1.165) is 38.4 Å². The number of ether oxygens (including phenoxy) is 1. The van der Waals surface area contributed by atoms with Gasteiger partial charge < -0.3 is 15.0 Å². The Kier molecular flexibility index (Phi) is 7.38. The smallest absolute Gasteiger partial charge is 0.193 e. The quantitative estimate of drug-likeness (QED) is 0.403. The number of nitrogens with zero attached hydrogens (tertiary/aromatic N) is 2. The molecule has 0 aliphatic carbocycles. The number of sulfone groups is 1. The van der Waals surface area contributed by atoms with Gasteiger partial charge in [-0.1, -0.05) is 0 Å². The highest BCUT2D eigenvalue weighted by Crippen LogP contribution is 2.23. The molecule has 0 spiro atoms. The minimum absolute atomic E-state index is 0. The van der Waals surface area contributed by atoms with Gasteiger partial charge in [0.1, 0.15) is 0 Å². The Hall–Kier alpha value is -0.0900. The summed E-state index contributed by atoms with van der Waals surface area (Å²) in [6.07, 6.45) is 3.61. The highest BCUT2D eigenvalue weighted by Gasteiger charge is 2.40. The minimum Gasteiger partial charge on any atom is -0.378 e. The lowest BCUT2D eigenvalue weighted by Gasteiger charge is -2.39. The lowest BCUT2D eigenvalue weighted by Crippen LogP contribution is -2.57. The fraction of sp³-hybridized carbons (Fsp3) is 0.929. The van der Waals surface area contributed by atoms with Gasteiger partial charge in [-0.15, -0.1) is 24.0 Å². The number of nitrogens with one attached hydrogen (secondary N) is 1. The predicted octanol–water partition coefficient (Wildman–Crippen LogP) is 1.26. The van der Waals surface area contributed by atoms with Crippen LogP contribution in [0.5, 0.6) is 0 Å². The summed E-state index contributed by atoms with van der Waals surface area (Å²) in [6.45, 7) is 6.24. The van der Waals surface area contributed by atoms with Crippen LogP contribution in [0.15, 0.2) is 4.99 Å². The standard InChI is InChI=1S/C14H27N3O3S.HI/c1-14(2)11-17(8-10-21(14,18)19)13(15-3)16-7-6-12-5-4-9-20-12;/h12H,4-11H2,1-3H3,(H,15,16);1H. The number of guanidine groups is 1. The van der Waals surface area contributed by atoms with Crippen molar-refractivity contribution < 1.29 is 13.2 Å². The molecule has 8 heteroatoms. The zero-order chi connectivity index (χ0) is 15.5. The SMILES string of the molecule is CN=C(NCCC1CCCO1)N1CCS(=O)(=O)C(C)(C)C1.I. The molecule has 2 aliphatic rings. The van der Waals surface area contributed by atoms with Crippen LogP contribution in [0.1, 0.15) is 33.1 Å². The van der Waals surface area contributed by atoms with Crippen LogP contribution in [0.2, 0.25) is 0 Å². The van der Waals surface area contributed by atoms with Gasteiger partial charge in [0.25, 0.3) is 0 Å². The van der Waals surface area contributed by atoms with Crippen LogP contribution in [0.3, 0.4) is 0 Å². The zero-order valence-corrected chi connectivity index (χ0v) is 16.8. The molecule has 1 unspecified atom stereocenters. The van der Waals surface area contributed by atoms with Crippen molar-refractivity contribution in [3.63, 3.8) is 0 Å². The number of hydrogen-bond donors (Lipinski definition) is 1. The van der Waals surface area contributed by atoms with Crippen LogP contribution in [0, 0.1) is 0 Å². The molecule has 0 aromatic heterocycles. The third kappa shape index (κ3) is 4.70. The Morgan fingerprint density at radius 1 is 1.45 bits per heavy atom. The molecule has 0 radical (unpaired) electrons. The minimum atomic E-state index is -3.01. The largest absolute Gasteiger partial charge is 0.378 e. The maximum absolute atomic E-state index is 12.0. The first-order valence-electron chi connectivity index (χ1n) is 7.65. The van der Waals surface area contributed by atoms with Crippen LogP contribution in [-0.2, 0) is 14.6 Å². The van der Waals surface area contributed by atoms with Crippen LogP contribution in [0.25, 0.3) is 0 Å². The molecule has 1 atom stereocenters. The second-order valence-corrected chi connectivity index (χ2v) is 9.14. The fourth-order valence-electron chi connectivity index (χ4n) is 2.87. The van der Waals surface area contributed by atoms with E-state index in [1.165, 1.54) is 0 Å². The molecule has 2 heterocycles. The van der Waals surface area contributed by atoms with Gasteiger partial charge in [-0.25, -0.2) is 8.42 Å². The van der Waals surface area contributed by atoms with E-state index in [2.05, 4.69) is 10.3 Å². The summed E-state index contributed by atoms with van der Waals surface area (Å²) in [5.74, 6) is 0.975. The van der Waals surface area contributed by atoms with E-state index >= 15 is 0 Å². The van der Waals surface area contributed by atoms with Gasteiger partial charge in [-0.3, -0.25) is 4.99 Å². The first-order chi connectivity index (χ1) is 9.86. The Labute approximate surface area is 151 Å². The summed E-state index contributed by atoms with van der Waals surface area (Å²) in [6, 6.07) is 0. The molecular formula is C14H28IN3O3S. The molecular weight excluding hydrogens is 417 g/mol. The average Bonchev–Trinajstić information content (AvgIpc) is 2.91. The topological polar surface area (TPSA) is 71.0 Å². The summed E-state index contributed by atoms with van der Waals surface area (Å²) < 4.78 is 29.0. The molecule has 2 aliphatic heterocycles. The molecule has 0 bridgehead atoms. The van der Waals surface area contributed by atoms with Crippen LogP contribution < -0.4 is 5.32 Å². The fourth-order valence-corrected chi connectivity index (χ4v) is 4.24. The van der Waals surface area contributed by atoms with Crippen molar-refractivity contribution in [3.8, 4) is 0 Å². The van der Waals surface area contributed by atoms with Crippen molar-refractivity contribution in [2.75, 3.05) is 39.0 Å². The predicted molar refractivity (Wildman–Crippen MR) is 99.8 cm³/mol. The molecule has 130 valence electrons. The molecule has 0 amide bonds. The van der Waals surface area contributed by atoms with Gasteiger partial charge in [0, 0.05) is 33.3 Å². The highest BCUT2D eigenvalue weighted by molar-refractivity contribution is 14.0. The molecule has 0 aromatic rings. The summed E-state index contributed by atoms with van der Waals surface area (Å²) in [5.41, 5.74) is 0. The molecule has 1 N–H and O–H groups in total. The van der Waals surface area contributed by atoms with Gasteiger partial charge in [0.15, 0.2) is 15.8 Å². The molecule has 2 rings (SSSR count). The van der Waals surface area contributed by atoms with Crippen molar-refractivity contribution >= 4 is 39.8 Å². The second-order valence-electron chi connectivity index (χ2n) is 6.40. The lowest BCUT2D eigenvalue weighted by atomic mass is 10.2. The first kappa shape index (κ1) is 20.0.